The molecule has 0 atom stereocenters. The molecular weight excluding hydrogens is 284 g/mol. The molecule has 108 valence electrons. The molecular formula is C16H22N2S2. The van der Waals surface area contributed by atoms with Gasteiger partial charge in [0.2, 0.25) is 0 Å². The van der Waals surface area contributed by atoms with Crippen LogP contribution in [0.4, 0.5) is 0 Å². The maximum Gasteiger partial charge on any atom is 0.0396 e. The van der Waals surface area contributed by atoms with Gasteiger partial charge in [-0.15, -0.1) is 11.7 Å². The molecule has 2 heterocycles. The molecule has 0 fully saturated rings. The second kappa shape index (κ2) is 5.78. The quantitative estimate of drug-likeness (QED) is 0.674. The topological polar surface area (TPSA) is 25.8 Å². The van der Waals surface area contributed by atoms with Crippen molar-refractivity contribution in [1.29, 1.82) is 0 Å². The normalized spacial score (nSPS) is 13.2. The molecule has 0 saturated carbocycles. The molecule has 2 rings (SSSR count). The summed E-state index contributed by atoms with van der Waals surface area (Å²) in [5, 5.41) is 0. The third-order valence-electron chi connectivity index (χ3n) is 3.45. The second-order valence-corrected chi connectivity index (χ2v) is 11.9. The lowest BCUT2D eigenvalue weighted by atomic mass is 9.80. The van der Waals surface area contributed by atoms with Crippen LogP contribution in [0.3, 0.4) is 0 Å². The van der Waals surface area contributed by atoms with E-state index in [1.165, 1.54) is 16.0 Å². The van der Waals surface area contributed by atoms with E-state index in [2.05, 4.69) is 54.5 Å². The number of pyridine rings is 2. The third-order valence-corrected chi connectivity index (χ3v) is 5.46. The van der Waals surface area contributed by atoms with E-state index in [9.17, 15) is 0 Å². The molecule has 2 aromatic heterocycles. The minimum atomic E-state index is -1.02. The molecule has 20 heavy (non-hydrogen) atoms. The van der Waals surface area contributed by atoms with Crippen LogP contribution in [0.1, 0.15) is 25.0 Å². The van der Waals surface area contributed by atoms with E-state index >= 15 is 0 Å². The van der Waals surface area contributed by atoms with Crippen LogP contribution in [0.25, 0.3) is 0 Å². The highest BCUT2D eigenvalue weighted by Crippen LogP contribution is 2.53. The molecule has 0 amide bonds. The highest BCUT2D eigenvalue weighted by atomic mass is 33.1. The van der Waals surface area contributed by atoms with Crippen molar-refractivity contribution in [3.63, 3.8) is 0 Å². The third kappa shape index (κ3) is 3.76. The Morgan fingerprint density at radius 2 is 1.75 bits per heavy atom. The van der Waals surface area contributed by atoms with E-state index in [4.69, 9.17) is 11.7 Å². The van der Waals surface area contributed by atoms with Gasteiger partial charge in [0, 0.05) is 29.7 Å². The first-order valence-corrected chi connectivity index (χ1v) is 10.1. The molecule has 0 N–H and O–H groups in total. The van der Waals surface area contributed by atoms with Gasteiger partial charge < -0.3 is 0 Å². The van der Waals surface area contributed by atoms with E-state index in [-0.39, 0.29) is 5.41 Å². The first kappa shape index (κ1) is 15.4. The van der Waals surface area contributed by atoms with Gasteiger partial charge in [-0.25, -0.2) is 0 Å². The predicted octanol–water partition coefficient (Wildman–Crippen LogP) is 4.26. The molecule has 0 saturated heterocycles. The Morgan fingerprint density at radius 3 is 2.35 bits per heavy atom. The molecule has 0 aliphatic heterocycles. The highest BCUT2D eigenvalue weighted by molar-refractivity contribution is 8.87. The molecule has 0 unspecified atom stereocenters. The highest BCUT2D eigenvalue weighted by Gasteiger charge is 2.22. The minimum Gasteiger partial charge on any atom is -0.265 e. The first-order valence-electron chi connectivity index (χ1n) is 6.59. The van der Waals surface area contributed by atoms with Crippen LogP contribution in [-0.2, 0) is 11.8 Å². The minimum absolute atomic E-state index is 0.0688. The Hall–Kier alpha value is -1.00. The fourth-order valence-corrected chi connectivity index (χ4v) is 3.31. The van der Waals surface area contributed by atoms with Crippen molar-refractivity contribution in [1.82, 2.24) is 9.97 Å². The van der Waals surface area contributed by atoms with E-state index < -0.39 is 9.06 Å². The molecule has 0 aliphatic carbocycles. The Bertz CT molecular complexity index is 575. The van der Waals surface area contributed by atoms with Crippen LogP contribution in [0.5, 0.6) is 0 Å². The number of rotatable bonds is 4. The van der Waals surface area contributed by atoms with Gasteiger partial charge in [0.1, 0.15) is 0 Å². The van der Waals surface area contributed by atoms with Gasteiger partial charge in [0.15, 0.2) is 0 Å². The summed E-state index contributed by atoms with van der Waals surface area (Å²) in [6.07, 6.45) is 12.9. The number of thiol groups is 1. The number of hydrogen-bond donors (Lipinski definition) is 1. The number of hydrogen-bond acceptors (Lipinski definition) is 3. The summed E-state index contributed by atoms with van der Waals surface area (Å²) in [4.78, 5) is 9.72. The summed E-state index contributed by atoms with van der Waals surface area (Å²) in [6.45, 7) is 4.52. The van der Waals surface area contributed by atoms with Crippen LogP contribution in [0, 0.1) is 0 Å². The van der Waals surface area contributed by atoms with E-state index in [0.717, 1.165) is 6.42 Å². The predicted molar refractivity (Wildman–Crippen MR) is 91.9 cm³/mol. The van der Waals surface area contributed by atoms with Crippen LogP contribution in [-0.4, -0.2) is 22.5 Å². The SMILES string of the molecule is CC(C)(Cc1cncc(S(C)(C)S)c1)c1ccncc1. The van der Waals surface area contributed by atoms with Crippen molar-refractivity contribution in [2.24, 2.45) is 0 Å². The summed E-state index contributed by atoms with van der Waals surface area (Å²) in [5.41, 5.74) is 2.63. The molecule has 0 bridgehead atoms. The lowest BCUT2D eigenvalue weighted by Crippen LogP contribution is -2.20. The maximum atomic E-state index is 4.71. The van der Waals surface area contributed by atoms with Crippen LogP contribution < -0.4 is 0 Å². The summed E-state index contributed by atoms with van der Waals surface area (Å²) >= 11 is 4.71. The standard InChI is InChI=1S/C16H22N2S2/c1-16(2,14-5-7-17-8-6-14)10-13-9-15(12-18-11-13)20(3,4)19/h5-9,11-12,19H,10H2,1-4H3. The van der Waals surface area contributed by atoms with Gasteiger partial charge >= 0.3 is 0 Å². The summed E-state index contributed by atoms with van der Waals surface area (Å²) in [5.74, 6) is 0. The monoisotopic (exact) mass is 306 g/mol. The lowest BCUT2D eigenvalue weighted by Gasteiger charge is -2.27. The van der Waals surface area contributed by atoms with E-state index in [1.807, 2.05) is 24.8 Å². The van der Waals surface area contributed by atoms with Gasteiger partial charge in [-0.05, 0) is 53.7 Å². The average Bonchev–Trinajstić information content (AvgIpc) is 2.38. The Labute approximate surface area is 128 Å². The van der Waals surface area contributed by atoms with Gasteiger partial charge in [-0.1, -0.05) is 13.8 Å². The zero-order valence-electron chi connectivity index (χ0n) is 12.5. The first-order chi connectivity index (χ1) is 9.29. The van der Waals surface area contributed by atoms with Crippen molar-refractivity contribution in [3.8, 4) is 0 Å². The summed E-state index contributed by atoms with van der Waals surface area (Å²) in [6, 6.07) is 6.43. The van der Waals surface area contributed by atoms with E-state index in [1.54, 1.807) is 0 Å². The van der Waals surface area contributed by atoms with Crippen molar-refractivity contribution in [2.75, 3.05) is 12.5 Å². The summed E-state index contributed by atoms with van der Waals surface area (Å²) < 4.78 is 0. The zero-order chi connectivity index (χ0) is 14.8. The molecule has 0 spiro atoms. The second-order valence-electron chi connectivity index (χ2n) is 6.10. The fraction of sp³-hybridized carbons (Fsp3) is 0.375. The van der Waals surface area contributed by atoms with Crippen LogP contribution in [0.15, 0.2) is 47.9 Å². The average molecular weight is 306 g/mol. The molecule has 4 heteroatoms. The molecule has 0 aliphatic rings. The van der Waals surface area contributed by atoms with Crippen molar-refractivity contribution in [3.05, 3.63) is 54.1 Å². The molecule has 0 radical (unpaired) electrons. The van der Waals surface area contributed by atoms with Crippen molar-refractivity contribution < 1.29 is 0 Å². The smallest absolute Gasteiger partial charge is 0.0396 e. The van der Waals surface area contributed by atoms with Gasteiger partial charge in [-0.2, -0.15) is 9.06 Å². The van der Waals surface area contributed by atoms with Gasteiger partial charge in [-0.3, -0.25) is 9.97 Å². The Kier molecular flexibility index (Phi) is 4.45. The van der Waals surface area contributed by atoms with Crippen molar-refractivity contribution in [2.45, 2.75) is 30.6 Å². The molecule has 0 aromatic carbocycles. The maximum absolute atomic E-state index is 4.71. The van der Waals surface area contributed by atoms with Gasteiger partial charge in [0.05, 0.1) is 0 Å². The lowest BCUT2D eigenvalue weighted by molar-refractivity contribution is 0.520. The Balaban J connectivity index is 2.26. The number of aromatic nitrogens is 2. The number of nitrogens with zero attached hydrogens (tertiary/aromatic N) is 2. The molecule has 2 aromatic rings. The Morgan fingerprint density at radius 1 is 1.10 bits per heavy atom. The van der Waals surface area contributed by atoms with E-state index in [0.29, 0.717) is 0 Å². The summed E-state index contributed by atoms with van der Waals surface area (Å²) in [7, 11) is -1.02. The van der Waals surface area contributed by atoms with Crippen molar-refractivity contribution >= 4 is 20.7 Å². The largest absolute Gasteiger partial charge is 0.265 e. The molecule has 2 nitrogen and oxygen atoms in total. The zero-order valence-corrected chi connectivity index (χ0v) is 14.2. The fourth-order valence-electron chi connectivity index (χ4n) is 2.25. The van der Waals surface area contributed by atoms with Crippen LogP contribution in [0.2, 0.25) is 0 Å². The van der Waals surface area contributed by atoms with Gasteiger partial charge in [0.25, 0.3) is 0 Å². The van der Waals surface area contributed by atoms with Crippen LogP contribution >= 0.6 is 20.7 Å².